The van der Waals surface area contributed by atoms with E-state index in [9.17, 15) is 0 Å². The molecule has 1 heterocycles. The predicted molar refractivity (Wildman–Crippen MR) is 104 cm³/mol. The molecular weight excluding hydrogens is 365 g/mol. The van der Waals surface area contributed by atoms with Crippen molar-refractivity contribution in [3.63, 3.8) is 0 Å². The maximum Gasteiger partial charge on any atom is 0.151 e. The summed E-state index contributed by atoms with van der Waals surface area (Å²) in [5, 5.41) is 1.48. The van der Waals surface area contributed by atoms with Gasteiger partial charge in [-0.2, -0.15) is 0 Å². The topological polar surface area (TPSA) is 12.9 Å². The molecule has 0 aliphatic rings. The second-order valence-electron chi connectivity index (χ2n) is 5.02. The average Bonchev–Trinajstić information content (AvgIpc) is 2.98. The molecule has 0 aliphatic carbocycles. The summed E-state index contributed by atoms with van der Waals surface area (Å²) in [5.41, 5.74) is 3.23. The molecule has 0 N–H and O–H groups in total. The number of thiazole rings is 1. The van der Waals surface area contributed by atoms with Crippen molar-refractivity contribution in [2.24, 2.45) is 0 Å². The average molecular weight is 380 g/mol. The van der Waals surface area contributed by atoms with Crippen LogP contribution in [-0.4, -0.2) is 10.7 Å². The van der Waals surface area contributed by atoms with Gasteiger partial charge in [-0.05, 0) is 36.2 Å². The molecule has 0 fully saturated rings. The van der Waals surface area contributed by atoms with Crippen LogP contribution in [0.1, 0.15) is 13.3 Å². The molecular formula is C18H15Cl2NS2. The highest BCUT2D eigenvalue weighted by molar-refractivity contribution is 8.01. The molecule has 0 spiro atoms. The van der Waals surface area contributed by atoms with Gasteiger partial charge in [0.15, 0.2) is 4.34 Å². The van der Waals surface area contributed by atoms with Crippen molar-refractivity contribution < 1.29 is 0 Å². The highest BCUT2D eigenvalue weighted by Gasteiger charge is 2.15. The third kappa shape index (κ3) is 4.10. The molecule has 3 aromatic rings. The summed E-state index contributed by atoms with van der Waals surface area (Å²) in [6.07, 6.45) is 1.14. The van der Waals surface area contributed by atoms with Crippen LogP contribution in [0.25, 0.3) is 21.7 Å². The first-order chi connectivity index (χ1) is 11.2. The number of rotatable bonds is 5. The smallest absolute Gasteiger partial charge is 0.151 e. The van der Waals surface area contributed by atoms with Crippen LogP contribution < -0.4 is 0 Å². The maximum atomic E-state index is 6.02. The van der Waals surface area contributed by atoms with Gasteiger partial charge in [0, 0.05) is 21.4 Å². The number of thioether (sulfide) groups is 1. The van der Waals surface area contributed by atoms with E-state index < -0.39 is 0 Å². The van der Waals surface area contributed by atoms with Crippen LogP contribution in [0.15, 0.2) is 52.9 Å². The quantitative estimate of drug-likeness (QED) is 0.431. The summed E-state index contributed by atoms with van der Waals surface area (Å²) >= 11 is 15.6. The zero-order chi connectivity index (χ0) is 16.2. The first-order valence-electron chi connectivity index (χ1n) is 7.33. The van der Waals surface area contributed by atoms with E-state index in [4.69, 9.17) is 28.2 Å². The molecule has 0 saturated carbocycles. The van der Waals surface area contributed by atoms with Crippen molar-refractivity contribution in [2.45, 2.75) is 17.7 Å². The number of aromatic nitrogens is 1. The molecule has 0 amide bonds. The van der Waals surface area contributed by atoms with Crippen LogP contribution in [0.3, 0.4) is 0 Å². The van der Waals surface area contributed by atoms with Crippen molar-refractivity contribution in [1.82, 2.24) is 4.98 Å². The lowest BCUT2D eigenvalue weighted by atomic mass is 10.1. The Kier molecular flexibility index (Phi) is 5.65. The highest BCUT2D eigenvalue weighted by Crippen LogP contribution is 2.40. The van der Waals surface area contributed by atoms with Crippen LogP contribution in [0, 0.1) is 0 Å². The van der Waals surface area contributed by atoms with Crippen LogP contribution in [0.4, 0.5) is 0 Å². The molecule has 118 valence electrons. The molecule has 1 aromatic heterocycles. The van der Waals surface area contributed by atoms with Crippen LogP contribution in [-0.2, 0) is 0 Å². The molecule has 0 saturated heterocycles. The second kappa shape index (κ2) is 7.71. The van der Waals surface area contributed by atoms with E-state index in [2.05, 4.69) is 6.92 Å². The molecule has 1 nitrogen and oxygen atoms in total. The summed E-state index contributed by atoms with van der Waals surface area (Å²) in [7, 11) is 0. The van der Waals surface area contributed by atoms with Gasteiger partial charge >= 0.3 is 0 Å². The molecule has 5 heteroatoms. The van der Waals surface area contributed by atoms with Gasteiger partial charge < -0.3 is 0 Å². The van der Waals surface area contributed by atoms with Gasteiger partial charge in [-0.3, -0.25) is 0 Å². The zero-order valence-electron chi connectivity index (χ0n) is 12.6. The van der Waals surface area contributed by atoms with Gasteiger partial charge in [0.05, 0.1) is 10.6 Å². The van der Waals surface area contributed by atoms with Crippen LogP contribution in [0.2, 0.25) is 10.0 Å². The highest BCUT2D eigenvalue weighted by atomic mass is 35.5. The minimum absolute atomic E-state index is 0.734. The predicted octanol–water partition coefficient (Wildman–Crippen LogP) is 7.29. The largest absolute Gasteiger partial charge is 0.229 e. The van der Waals surface area contributed by atoms with E-state index in [1.165, 1.54) is 4.88 Å². The lowest BCUT2D eigenvalue weighted by molar-refractivity contribution is 1.10. The minimum atomic E-state index is 0.734. The Morgan fingerprint density at radius 3 is 2.04 bits per heavy atom. The van der Waals surface area contributed by atoms with E-state index >= 15 is 0 Å². The molecule has 23 heavy (non-hydrogen) atoms. The monoisotopic (exact) mass is 379 g/mol. The van der Waals surface area contributed by atoms with Crippen molar-refractivity contribution in [3.8, 4) is 21.7 Å². The van der Waals surface area contributed by atoms with E-state index in [-0.39, 0.29) is 0 Å². The molecule has 0 unspecified atom stereocenters. The van der Waals surface area contributed by atoms with E-state index in [1.54, 1.807) is 23.1 Å². The number of benzene rings is 2. The molecule has 0 atom stereocenters. The fourth-order valence-electron chi connectivity index (χ4n) is 2.15. The summed E-state index contributed by atoms with van der Waals surface area (Å²) in [6.45, 7) is 2.18. The number of halogens is 2. The molecule has 0 aliphatic heterocycles. The zero-order valence-corrected chi connectivity index (χ0v) is 15.7. The number of hydrogen-bond donors (Lipinski definition) is 0. The van der Waals surface area contributed by atoms with Crippen molar-refractivity contribution in [1.29, 1.82) is 0 Å². The van der Waals surface area contributed by atoms with Gasteiger partial charge in [0.2, 0.25) is 0 Å². The fraction of sp³-hybridized carbons (Fsp3) is 0.167. The van der Waals surface area contributed by atoms with Gasteiger partial charge in [-0.25, -0.2) is 4.98 Å². The lowest BCUT2D eigenvalue weighted by Gasteiger charge is -2.03. The van der Waals surface area contributed by atoms with E-state index in [0.717, 1.165) is 43.4 Å². The lowest BCUT2D eigenvalue weighted by Crippen LogP contribution is -1.82. The summed E-state index contributed by atoms with van der Waals surface area (Å²) in [6, 6.07) is 15.8. The Labute approximate surface area is 154 Å². The standard InChI is InChI=1S/C18H15Cl2NS2/c1-2-11-22-18-21-16(12-3-7-14(19)8-4-12)17(23-18)13-5-9-15(20)10-6-13/h3-10H,2,11H2,1H3. The maximum absolute atomic E-state index is 6.02. The fourth-order valence-corrected chi connectivity index (χ4v) is 4.50. The molecule has 0 radical (unpaired) electrons. The summed E-state index contributed by atoms with van der Waals surface area (Å²) in [5.74, 6) is 1.08. The Morgan fingerprint density at radius 2 is 1.48 bits per heavy atom. The van der Waals surface area contributed by atoms with E-state index in [1.807, 2.05) is 48.5 Å². The Balaban J connectivity index is 2.06. The first-order valence-corrected chi connectivity index (χ1v) is 9.88. The summed E-state index contributed by atoms with van der Waals surface area (Å²) in [4.78, 5) is 6.02. The van der Waals surface area contributed by atoms with Crippen molar-refractivity contribution >= 4 is 46.3 Å². The molecule has 0 bridgehead atoms. The Bertz CT molecular complexity index is 717. The summed E-state index contributed by atoms with van der Waals surface area (Å²) < 4.78 is 1.10. The third-order valence-corrected chi connectivity index (χ3v) is 6.22. The van der Waals surface area contributed by atoms with Gasteiger partial charge in [0.25, 0.3) is 0 Å². The Morgan fingerprint density at radius 1 is 0.913 bits per heavy atom. The number of hydrogen-bond acceptors (Lipinski definition) is 3. The number of nitrogens with zero attached hydrogens (tertiary/aromatic N) is 1. The third-order valence-electron chi connectivity index (χ3n) is 3.26. The minimum Gasteiger partial charge on any atom is -0.229 e. The van der Waals surface area contributed by atoms with Crippen LogP contribution >= 0.6 is 46.3 Å². The second-order valence-corrected chi connectivity index (χ2v) is 8.23. The van der Waals surface area contributed by atoms with Gasteiger partial charge in [0.1, 0.15) is 0 Å². The van der Waals surface area contributed by atoms with Gasteiger partial charge in [-0.1, -0.05) is 66.2 Å². The normalized spacial score (nSPS) is 10.9. The van der Waals surface area contributed by atoms with Crippen LogP contribution in [0.5, 0.6) is 0 Å². The van der Waals surface area contributed by atoms with Crippen molar-refractivity contribution in [3.05, 3.63) is 58.6 Å². The van der Waals surface area contributed by atoms with Crippen molar-refractivity contribution in [2.75, 3.05) is 5.75 Å². The van der Waals surface area contributed by atoms with Gasteiger partial charge in [-0.15, -0.1) is 11.3 Å². The molecule has 3 rings (SSSR count). The first kappa shape index (κ1) is 16.8. The SMILES string of the molecule is CCCSc1nc(-c2ccc(Cl)cc2)c(-c2ccc(Cl)cc2)s1. The molecule has 2 aromatic carbocycles. The Hall–Kier alpha value is -1.000. The van der Waals surface area contributed by atoms with E-state index in [0.29, 0.717) is 0 Å².